The van der Waals surface area contributed by atoms with Crippen LogP contribution in [0.15, 0.2) is 84.0 Å². The minimum Gasteiger partial charge on any atom is -0.494 e. The molecule has 0 fully saturated rings. The van der Waals surface area contributed by atoms with Crippen molar-refractivity contribution in [2.45, 2.75) is 12.1 Å². The molecule has 0 saturated heterocycles. The van der Waals surface area contributed by atoms with Gasteiger partial charge in [0, 0.05) is 21.8 Å². The lowest BCUT2D eigenvalue weighted by Crippen LogP contribution is -2.05. The number of nitrogens with zero attached hydrogens (tertiary/aromatic N) is 3. The van der Waals surface area contributed by atoms with Gasteiger partial charge in [-0.1, -0.05) is 53.7 Å². The second-order valence-corrected chi connectivity index (χ2v) is 8.03. The van der Waals surface area contributed by atoms with Crippen molar-refractivity contribution in [1.29, 1.82) is 0 Å². The SMILES string of the molecule is CCOc1ccc(-n2c(SCC(=O)c3ccc(Cl)cc3)nnc2-c2ccccc2)cc1. The maximum Gasteiger partial charge on any atom is 0.196 e. The topological polar surface area (TPSA) is 57.0 Å². The number of ether oxygens (including phenoxy) is 1. The molecule has 0 spiro atoms. The summed E-state index contributed by atoms with van der Waals surface area (Å²) in [6, 6.07) is 24.5. The number of ketones is 1. The fourth-order valence-corrected chi connectivity index (χ4v) is 4.05. The van der Waals surface area contributed by atoms with Crippen molar-refractivity contribution in [3.8, 4) is 22.8 Å². The third kappa shape index (κ3) is 4.98. The van der Waals surface area contributed by atoms with Crippen LogP contribution in [0.2, 0.25) is 5.02 Å². The van der Waals surface area contributed by atoms with Gasteiger partial charge in [-0.25, -0.2) is 0 Å². The Hall–Kier alpha value is -3.09. The van der Waals surface area contributed by atoms with Crippen LogP contribution < -0.4 is 4.74 Å². The van der Waals surface area contributed by atoms with Crippen molar-refractivity contribution in [2.75, 3.05) is 12.4 Å². The van der Waals surface area contributed by atoms with Gasteiger partial charge in [0.15, 0.2) is 16.8 Å². The molecule has 1 aromatic heterocycles. The van der Waals surface area contributed by atoms with Gasteiger partial charge in [-0.05, 0) is 55.5 Å². The van der Waals surface area contributed by atoms with Gasteiger partial charge in [-0.3, -0.25) is 9.36 Å². The lowest BCUT2D eigenvalue weighted by atomic mass is 10.1. The number of halogens is 1. The van der Waals surface area contributed by atoms with Gasteiger partial charge < -0.3 is 4.74 Å². The summed E-state index contributed by atoms with van der Waals surface area (Å²) in [5.74, 6) is 1.76. The Morgan fingerprint density at radius 1 is 0.968 bits per heavy atom. The molecule has 0 amide bonds. The van der Waals surface area contributed by atoms with Gasteiger partial charge in [0.2, 0.25) is 0 Å². The van der Waals surface area contributed by atoms with Crippen LogP contribution in [0.1, 0.15) is 17.3 Å². The van der Waals surface area contributed by atoms with Crippen LogP contribution >= 0.6 is 23.4 Å². The molecule has 0 radical (unpaired) electrons. The molecule has 4 aromatic rings. The Morgan fingerprint density at radius 3 is 2.35 bits per heavy atom. The molecule has 156 valence electrons. The molecular weight excluding hydrogens is 430 g/mol. The lowest BCUT2D eigenvalue weighted by Gasteiger charge is -2.11. The second kappa shape index (κ2) is 9.81. The van der Waals surface area contributed by atoms with E-state index in [0.717, 1.165) is 17.0 Å². The van der Waals surface area contributed by atoms with Crippen LogP contribution in [0.5, 0.6) is 5.75 Å². The van der Waals surface area contributed by atoms with Crippen LogP contribution in [-0.2, 0) is 0 Å². The number of aromatic nitrogens is 3. The summed E-state index contributed by atoms with van der Waals surface area (Å²) in [6.45, 7) is 2.56. The maximum absolute atomic E-state index is 12.6. The quantitative estimate of drug-likeness (QED) is 0.245. The van der Waals surface area contributed by atoms with E-state index in [4.69, 9.17) is 16.3 Å². The summed E-state index contributed by atoms with van der Waals surface area (Å²) in [4.78, 5) is 12.6. The minimum atomic E-state index is 0.00386. The first-order chi connectivity index (χ1) is 15.2. The Morgan fingerprint density at radius 2 is 1.68 bits per heavy atom. The van der Waals surface area contributed by atoms with E-state index >= 15 is 0 Å². The summed E-state index contributed by atoms with van der Waals surface area (Å²) in [5.41, 5.74) is 2.46. The van der Waals surface area contributed by atoms with Crippen molar-refractivity contribution < 1.29 is 9.53 Å². The summed E-state index contributed by atoms with van der Waals surface area (Å²) in [6.07, 6.45) is 0. The first-order valence-electron chi connectivity index (χ1n) is 9.81. The molecule has 3 aromatic carbocycles. The molecule has 7 heteroatoms. The minimum absolute atomic E-state index is 0.00386. The summed E-state index contributed by atoms with van der Waals surface area (Å²) < 4.78 is 7.52. The average molecular weight is 450 g/mol. The van der Waals surface area contributed by atoms with E-state index in [-0.39, 0.29) is 11.5 Å². The summed E-state index contributed by atoms with van der Waals surface area (Å²) >= 11 is 7.28. The molecule has 31 heavy (non-hydrogen) atoms. The molecule has 0 unspecified atom stereocenters. The Labute approximate surface area is 190 Å². The smallest absolute Gasteiger partial charge is 0.196 e. The van der Waals surface area contributed by atoms with Gasteiger partial charge in [-0.15, -0.1) is 10.2 Å². The zero-order valence-corrected chi connectivity index (χ0v) is 18.4. The number of carbonyl (C=O) groups is 1. The van der Waals surface area contributed by atoms with Crippen LogP contribution in [0.3, 0.4) is 0 Å². The molecule has 0 aliphatic carbocycles. The third-order valence-electron chi connectivity index (χ3n) is 4.57. The molecule has 0 atom stereocenters. The molecular formula is C24H20ClN3O2S. The highest BCUT2D eigenvalue weighted by Crippen LogP contribution is 2.29. The first kappa shape index (κ1) is 21.2. The van der Waals surface area contributed by atoms with Crippen molar-refractivity contribution in [2.24, 2.45) is 0 Å². The number of benzene rings is 3. The molecule has 5 nitrogen and oxygen atoms in total. The van der Waals surface area contributed by atoms with Crippen molar-refractivity contribution >= 4 is 29.1 Å². The highest BCUT2D eigenvalue weighted by atomic mass is 35.5. The zero-order valence-electron chi connectivity index (χ0n) is 16.9. The number of hydrogen-bond donors (Lipinski definition) is 0. The standard InChI is InChI=1S/C24H20ClN3O2S/c1-2-30-21-14-12-20(13-15-21)28-23(18-6-4-3-5-7-18)26-27-24(28)31-16-22(29)17-8-10-19(25)11-9-17/h3-15H,2,16H2,1H3. The van der Waals surface area contributed by atoms with Crippen LogP contribution in [0.4, 0.5) is 0 Å². The fraction of sp³-hybridized carbons (Fsp3) is 0.125. The Balaban J connectivity index is 1.65. The van der Waals surface area contributed by atoms with E-state index in [0.29, 0.717) is 28.2 Å². The van der Waals surface area contributed by atoms with Gasteiger partial charge in [0.1, 0.15) is 5.75 Å². The Kier molecular flexibility index (Phi) is 6.70. The van der Waals surface area contributed by atoms with Crippen LogP contribution in [0.25, 0.3) is 17.1 Å². The largest absolute Gasteiger partial charge is 0.494 e. The molecule has 0 aliphatic rings. The Bertz CT molecular complexity index is 1160. The maximum atomic E-state index is 12.6. The predicted molar refractivity (Wildman–Crippen MR) is 124 cm³/mol. The van der Waals surface area contributed by atoms with E-state index in [2.05, 4.69) is 10.2 Å². The van der Waals surface area contributed by atoms with Gasteiger partial charge in [0.05, 0.1) is 12.4 Å². The molecule has 0 aliphatic heterocycles. The highest BCUT2D eigenvalue weighted by Gasteiger charge is 2.18. The molecule has 0 saturated carbocycles. The van der Waals surface area contributed by atoms with E-state index in [1.807, 2.05) is 66.1 Å². The van der Waals surface area contributed by atoms with E-state index in [1.54, 1.807) is 24.3 Å². The molecule has 0 N–H and O–H groups in total. The van der Waals surface area contributed by atoms with Crippen molar-refractivity contribution in [1.82, 2.24) is 14.8 Å². The normalized spacial score (nSPS) is 10.8. The highest BCUT2D eigenvalue weighted by molar-refractivity contribution is 7.99. The number of hydrogen-bond acceptors (Lipinski definition) is 5. The van der Waals surface area contributed by atoms with E-state index in [1.165, 1.54) is 11.8 Å². The van der Waals surface area contributed by atoms with Gasteiger partial charge in [0.25, 0.3) is 0 Å². The zero-order chi connectivity index (χ0) is 21.6. The first-order valence-corrected chi connectivity index (χ1v) is 11.2. The number of rotatable bonds is 8. The molecule has 1 heterocycles. The monoisotopic (exact) mass is 449 g/mol. The van der Waals surface area contributed by atoms with Gasteiger partial charge >= 0.3 is 0 Å². The molecule has 0 bridgehead atoms. The lowest BCUT2D eigenvalue weighted by molar-refractivity contribution is 0.102. The van der Waals surface area contributed by atoms with Crippen LogP contribution in [-0.4, -0.2) is 32.9 Å². The van der Waals surface area contributed by atoms with E-state index in [9.17, 15) is 4.79 Å². The number of Topliss-reactive ketones (excluding diaryl/α,β-unsaturated/α-hetero) is 1. The summed E-state index contributed by atoms with van der Waals surface area (Å²) in [5, 5.41) is 10.0. The van der Waals surface area contributed by atoms with Crippen molar-refractivity contribution in [3.63, 3.8) is 0 Å². The average Bonchev–Trinajstić information content (AvgIpc) is 3.23. The second-order valence-electron chi connectivity index (χ2n) is 6.65. The van der Waals surface area contributed by atoms with E-state index < -0.39 is 0 Å². The summed E-state index contributed by atoms with van der Waals surface area (Å²) in [7, 11) is 0. The number of carbonyl (C=O) groups excluding carboxylic acids is 1. The van der Waals surface area contributed by atoms with Gasteiger partial charge in [-0.2, -0.15) is 0 Å². The third-order valence-corrected chi connectivity index (χ3v) is 5.75. The fourth-order valence-electron chi connectivity index (χ4n) is 3.08. The molecule has 4 rings (SSSR count). The van der Waals surface area contributed by atoms with Crippen molar-refractivity contribution in [3.05, 3.63) is 89.4 Å². The van der Waals surface area contributed by atoms with Crippen LogP contribution in [0, 0.1) is 0 Å². The predicted octanol–water partition coefficient (Wildman–Crippen LogP) is 5.96. The number of thioether (sulfide) groups is 1.